The molecular weight excluding hydrogens is 342 g/mol. The number of benzene rings is 1. The van der Waals surface area contributed by atoms with Gasteiger partial charge in [0.15, 0.2) is 0 Å². The Kier molecular flexibility index (Phi) is 5.18. The topological polar surface area (TPSA) is 107 Å². The predicted molar refractivity (Wildman–Crippen MR) is 90.8 cm³/mol. The summed E-state index contributed by atoms with van der Waals surface area (Å²) in [5.41, 5.74) is 8.48. The van der Waals surface area contributed by atoms with Crippen molar-refractivity contribution in [1.29, 1.82) is 0 Å². The Bertz CT molecular complexity index is 880. The SMILES string of the molecule is N/C(=C\N(N)Cc1ccc(-c2nnc(C(F)F)o2)cn1)c1ccccc1. The lowest BCUT2D eigenvalue weighted by atomic mass is 10.2. The van der Waals surface area contributed by atoms with Crippen LogP contribution in [0.4, 0.5) is 8.78 Å². The fourth-order valence-corrected chi connectivity index (χ4v) is 2.20. The molecule has 0 aliphatic heterocycles. The van der Waals surface area contributed by atoms with E-state index in [1.54, 1.807) is 18.3 Å². The molecule has 0 radical (unpaired) electrons. The maximum absolute atomic E-state index is 12.5. The highest BCUT2D eigenvalue weighted by molar-refractivity contribution is 5.61. The summed E-state index contributed by atoms with van der Waals surface area (Å²) in [7, 11) is 0. The van der Waals surface area contributed by atoms with Gasteiger partial charge in [0, 0.05) is 12.4 Å². The van der Waals surface area contributed by atoms with E-state index in [0.29, 0.717) is 23.5 Å². The molecule has 2 aromatic heterocycles. The number of hydrogen-bond acceptors (Lipinski definition) is 7. The van der Waals surface area contributed by atoms with Gasteiger partial charge in [0.1, 0.15) is 0 Å². The second-order valence-electron chi connectivity index (χ2n) is 5.41. The van der Waals surface area contributed by atoms with Crippen molar-refractivity contribution < 1.29 is 13.2 Å². The molecule has 0 aliphatic rings. The van der Waals surface area contributed by atoms with Crippen LogP contribution in [0.5, 0.6) is 0 Å². The van der Waals surface area contributed by atoms with Crippen molar-refractivity contribution in [2.24, 2.45) is 11.6 Å². The van der Waals surface area contributed by atoms with Crippen LogP contribution in [0.15, 0.2) is 59.3 Å². The quantitative estimate of drug-likeness (QED) is 0.515. The summed E-state index contributed by atoms with van der Waals surface area (Å²) >= 11 is 0. The number of alkyl halides is 2. The minimum Gasteiger partial charge on any atom is -0.415 e. The first-order chi connectivity index (χ1) is 12.5. The van der Waals surface area contributed by atoms with Gasteiger partial charge in [0.25, 0.3) is 5.89 Å². The van der Waals surface area contributed by atoms with E-state index in [2.05, 4.69) is 15.2 Å². The fraction of sp³-hybridized carbons (Fsp3) is 0.118. The molecule has 0 fully saturated rings. The summed E-state index contributed by atoms with van der Waals surface area (Å²) in [5, 5.41) is 8.26. The molecule has 0 saturated carbocycles. The Hall–Kier alpha value is -3.33. The van der Waals surface area contributed by atoms with Crippen LogP contribution in [-0.2, 0) is 6.54 Å². The standard InChI is InChI=1S/C17H16F2N6O/c18-15(19)17-24-23-16(26-17)12-6-7-13(22-8-12)9-25(21)10-14(20)11-4-2-1-3-5-11/h1-8,10,15H,9,20-21H2/b14-10-. The Morgan fingerprint density at radius 3 is 2.54 bits per heavy atom. The molecule has 7 nitrogen and oxygen atoms in total. The van der Waals surface area contributed by atoms with Gasteiger partial charge < -0.3 is 15.2 Å². The summed E-state index contributed by atoms with van der Waals surface area (Å²) in [6.07, 6.45) is 0.254. The van der Waals surface area contributed by atoms with Crippen LogP contribution in [0, 0.1) is 0 Å². The lowest BCUT2D eigenvalue weighted by Crippen LogP contribution is -2.26. The van der Waals surface area contributed by atoms with E-state index in [1.165, 1.54) is 11.2 Å². The van der Waals surface area contributed by atoms with E-state index in [9.17, 15) is 8.78 Å². The summed E-state index contributed by atoms with van der Waals surface area (Å²) in [6.45, 7) is 0.305. The number of pyridine rings is 1. The molecule has 0 aliphatic carbocycles. The second-order valence-corrected chi connectivity index (χ2v) is 5.41. The molecule has 0 amide bonds. The lowest BCUT2D eigenvalue weighted by molar-refractivity contribution is 0.116. The molecule has 0 spiro atoms. The van der Waals surface area contributed by atoms with Crippen molar-refractivity contribution in [2.75, 3.05) is 0 Å². The molecule has 0 saturated heterocycles. The third kappa shape index (κ3) is 4.19. The van der Waals surface area contributed by atoms with Crippen LogP contribution in [0.2, 0.25) is 0 Å². The Morgan fingerprint density at radius 2 is 1.92 bits per heavy atom. The van der Waals surface area contributed by atoms with Crippen LogP contribution in [0.1, 0.15) is 23.6 Å². The van der Waals surface area contributed by atoms with E-state index in [-0.39, 0.29) is 5.89 Å². The van der Waals surface area contributed by atoms with E-state index >= 15 is 0 Å². The molecule has 3 rings (SSSR count). The molecule has 3 aromatic rings. The number of aromatic nitrogens is 3. The highest BCUT2D eigenvalue weighted by Gasteiger charge is 2.17. The first-order valence-electron chi connectivity index (χ1n) is 7.64. The number of halogens is 2. The minimum absolute atomic E-state index is 0.0165. The molecule has 1 aromatic carbocycles. The molecule has 4 N–H and O–H groups in total. The zero-order valence-corrected chi connectivity index (χ0v) is 13.6. The largest absolute Gasteiger partial charge is 0.415 e. The van der Waals surface area contributed by atoms with Gasteiger partial charge in [-0.2, -0.15) is 8.78 Å². The van der Waals surface area contributed by atoms with Crippen LogP contribution in [0.25, 0.3) is 17.2 Å². The van der Waals surface area contributed by atoms with Gasteiger partial charge >= 0.3 is 6.43 Å². The van der Waals surface area contributed by atoms with E-state index in [1.807, 2.05) is 30.3 Å². The monoisotopic (exact) mass is 358 g/mol. The highest BCUT2D eigenvalue weighted by atomic mass is 19.3. The van der Waals surface area contributed by atoms with Crippen LogP contribution >= 0.6 is 0 Å². The van der Waals surface area contributed by atoms with Crippen LogP contribution in [-0.4, -0.2) is 20.2 Å². The lowest BCUT2D eigenvalue weighted by Gasteiger charge is -2.14. The third-order valence-electron chi connectivity index (χ3n) is 3.46. The molecule has 9 heteroatoms. The van der Waals surface area contributed by atoms with Gasteiger partial charge in [-0.25, -0.2) is 5.84 Å². The Morgan fingerprint density at radius 1 is 1.15 bits per heavy atom. The number of nitrogens with zero attached hydrogens (tertiary/aromatic N) is 4. The Labute approximate surface area is 147 Å². The van der Waals surface area contributed by atoms with E-state index < -0.39 is 12.3 Å². The van der Waals surface area contributed by atoms with Crippen molar-refractivity contribution in [3.63, 3.8) is 0 Å². The molecule has 2 heterocycles. The first kappa shape index (κ1) is 17.5. The van der Waals surface area contributed by atoms with Crippen LogP contribution in [0.3, 0.4) is 0 Å². The van der Waals surface area contributed by atoms with Crippen molar-refractivity contribution in [2.45, 2.75) is 13.0 Å². The second kappa shape index (κ2) is 7.70. The zero-order valence-electron chi connectivity index (χ0n) is 13.6. The van der Waals surface area contributed by atoms with Gasteiger partial charge in [0.05, 0.1) is 23.5 Å². The molecule has 0 atom stereocenters. The highest BCUT2D eigenvalue weighted by Crippen LogP contribution is 2.22. The number of hydrazine groups is 1. The van der Waals surface area contributed by atoms with Gasteiger partial charge in [-0.1, -0.05) is 30.3 Å². The van der Waals surface area contributed by atoms with Crippen molar-refractivity contribution in [3.8, 4) is 11.5 Å². The summed E-state index contributed by atoms with van der Waals surface area (Å²) < 4.78 is 29.8. The first-order valence-corrected chi connectivity index (χ1v) is 7.64. The maximum atomic E-state index is 12.5. The van der Waals surface area contributed by atoms with Gasteiger partial charge in [-0.15, -0.1) is 10.2 Å². The summed E-state index contributed by atoms with van der Waals surface area (Å²) in [4.78, 5) is 4.22. The van der Waals surface area contributed by atoms with Gasteiger partial charge in [0.2, 0.25) is 5.89 Å². The van der Waals surface area contributed by atoms with Crippen LogP contribution < -0.4 is 11.6 Å². The molecular formula is C17H16F2N6O. The zero-order chi connectivity index (χ0) is 18.5. The summed E-state index contributed by atoms with van der Waals surface area (Å²) in [6, 6.07) is 12.8. The number of nitrogens with two attached hydrogens (primary N) is 2. The predicted octanol–water partition coefficient (Wildman–Crippen LogP) is 2.70. The van der Waals surface area contributed by atoms with Crippen molar-refractivity contribution >= 4 is 5.70 Å². The van der Waals surface area contributed by atoms with Crippen molar-refractivity contribution in [1.82, 2.24) is 20.2 Å². The smallest absolute Gasteiger partial charge is 0.314 e. The number of rotatable bonds is 6. The minimum atomic E-state index is -2.81. The summed E-state index contributed by atoms with van der Waals surface area (Å²) in [5.74, 6) is 5.20. The van der Waals surface area contributed by atoms with Gasteiger partial charge in [-0.3, -0.25) is 4.98 Å². The number of hydrogen-bond donors (Lipinski definition) is 2. The fourth-order valence-electron chi connectivity index (χ4n) is 2.20. The maximum Gasteiger partial charge on any atom is 0.314 e. The molecule has 26 heavy (non-hydrogen) atoms. The van der Waals surface area contributed by atoms with Crippen molar-refractivity contribution in [3.05, 3.63) is 72.0 Å². The third-order valence-corrected chi connectivity index (χ3v) is 3.46. The Balaban J connectivity index is 1.67. The van der Waals surface area contributed by atoms with E-state index in [0.717, 1.165) is 5.56 Å². The molecule has 0 unspecified atom stereocenters. The van der Waals surface area contributed by atoms with Gasteiger partial charge in [-0.05, 0) is 17.7 Å². The molecule has 0 bridgehead atoms. The average molecular weight is 358 g/mol. The molecule has 134 valence electrons. The normalized spacial score (nSPS) is 11.8. The van der Waals surface area contributed by atoms with E-state index in [4.69, 9.17) is 16.0 Å². The average Bonchev–Trinajstić information content (AvgIpc) is 3.13.